The van der Waals surface area contributed by atoms with Gasteiger partial charge in [0.2, 0.25) is 0 Å². The second-order valence-electron chi connectivity index (χ2n) is 6.76. The third-order valence-corrected chi connectivity index (χ3v) is 5.01. The van der Waals surface area contributed by atoms with E-state index in [-0.39, 0.29) is 11.9 Å². The Morgan fingerprint density at radius 3 is 2.36 bits per heavy atom. The van der Waals surface area contributed by atoms with E-state index < -0.39 is 0 Å². The van der Waals surface area contributed by atoms with Gasteiger partial charge in [-0.3, -0.25) is 14.4 Å². The van der Waals surface area contributed by atoms with Gasteiger partial charge in [0.1, 0.15) is 0 Å². The number of carbonyl (C=O) groups excluding carboxylic acids is 1. The average Bonchev–Trinajstić information content (AvgIpc) is 3.25. The molecule has 0 spiro atoms. The summed E-state index contributed by atoms with van der Waals surface area (Å²) in [5, 5.41) is 7.33. The molecule has 2 aromatic carbocycles. The fourth-order valence-corrected chi connectivity index (χ4v) is 3.43. The minimum absolute atomic E-state index is 0.0428. The van der Waals surface area contributed by atoms with Gasteiger partial charge in [0.15, 0.2) is 0 Å². The lowest BCUT2D eigenvalue weighted by molar-refractivity contribution is 0.0935. The summed E-state index contributed by atoms with van der Waals surface area (Å²) in [5.41, 5.74) is 3.02. The molecule has 1 aromatic heterocycles. The lowest BCUT2D eigenvalue weighted by atomic mass is 10.0. The molecule has 1 amide bonds. The van der Waals surface area contributed by atoms with E-state index in [1.165, 1.54) is 5.56 Å². The lowest BCUT2D eigenvalue weighted by Gasteiger charge is -2.30. The first-order valence-electron chi connectivity index (χ1n) is 9.84. The molecule has 0 saturated heterocycles. The van der Waals surface area contributed by atoms with E-state index in [1.807, 2.05) is 59.4 Å². The van der Waals surface area contributed by atoms with Crippen molar-refractivity contribution in [3.63, 3.8) is 0 Å². The van der Waals surface area contributed by atoms with Crippen molar-refractivity contribution < 1.29 is 4.79 Å². The highest BCUT2D eigenvalue weighted by atomic mass is 16.1. The van der Waals surface area contributed by atoms with Crippen molar-refractivity contribution in [1.29, 1.82) is 0 Å². The second kappa shape index (κ2) is 9.85. The van der Waals surface area contributed by atoms with Crippen LogP contribution in [0, 0.1) is 0 Å². The standard InChI is InChI=1S/C23H28N4O/c1-3-26(4-2)22(20-9-6-5-7-10-20)17-24-23(28)21-13-11-19(12-14-21)18-27-16-8-15-25-27/h5-16,22H,3-4,17-18H2,1-2H3,(H,24,28). The van der Waals surface area contributed by atoms with Crippen molar-refractivity contribution in [2.75, 3.05) is 19.6 Å². The molecular formula is C23H28N4O. The van der Waals surface area contributed by atoms with E-state index in [9.17, 15) is 4.79 Å². The number of benzene rings is 2. The molecular weight excluding hydrogens is 348 g/mol. The maximum atomic E-state index is 12.7. The third kappa shape index (κ3) is 5.08. The van der Waals surface area contributed by atoms with Crippen LogP contribution in [-0.4, -0.2) is 40.2 Å². The van der Waals surface area contributed by atoms with Crippen molar-refractivity contribution in [3.05, 3.63) is 89.7 Å². The fourth-order valence-electron chi connectivity index (χ4n) is 3.43. The van der Waals surface area contributed by atoms with E-state index in [0.717, 1.165) is 18.7 Å². The van der Waals surface area contributed by atoms with Gasteiger partial charge in [0.05, 0.1) is 12.6 Å². The van der Waals surface area contributed by atoms with Crippen LogP contribution in [0.2, 0.25) is 0 Å². The SMILES string of the molecule is CCN(CC)C(CNC(=O)c1ccc(Cn2cccn2)cc1)c1ccccc1. The van der Waals surface area contributed by atoms with Crippen molar-refractivity contribution in [3.8, 4) is 0 Å². The molecule has 0 aliphatic heterocycles. The Hall–Kier alpha value is -2.92. The fraction of sp³-hybridized carbons (Fsp3) is 0.304. The molecule has 3 aromatic rings. The number of nitrogens with one attached hydrogen (secondary N) is 1. The van der Waals surface area contributed by atoms with Crippen LogP contribution in [0.3, 0.4) is 0 Å². The Morgan fingerprint density at radius 2 is 1.75 bits per heavy atom. The topological polar surface area (TPSA) is 50.2 Å². The normalized spacial score (nSPS) is 12.1. The molecule has 1 heterocycles. The predicted molar refractivity (Wildman–Crippen MR) is 112 cm³/mol. The number of rotatable bonds is 9. The highest BCUT2D eigenvalue weighted by Crippen LogP contribution is 2.19. The summed E-state index contributed by atoms with van der Waals surface area (Å²) in [5.74, 6) is -0.0428. The number of hydrogen-bond donors (Lipinski definition) is 1. The largest absolute Gasteiger partial charge is 0.350 e. The summed E-state index contributed by atoms with van der Waals surface area (Å²) < 4.78 is 1.86. The molecule has 1 unspecified atom stereocenters. The van der Waals surface area contributed by atoms with Crippen LogP contribution in [0.15, 0.2) is 73.1 Å². The summed E-state index contributed by atoms with van der Waals surface area (Å²) in [6, 6.07) is 20.2. The van der Waals surface area contributed by atoms with E-state index in [1.54, 1.807) is 6.20 Å². The molecule has 5 nitrogen and oxygen atoms in total. The summed E-state index contributed by atoms with van der Waals surface area (Å²) in [6.45, 7) is 7.47. The van der Waals surface area contributed by atoms with Gasteiger partial charge in [-0.15, -0.1) is 0 Å². The molecule has 0 aliphatic rings. The highest BCUT2D eigenvalue weighted by Gasteiger charge is 2.19. The molecule has 0 aliphatic carbocycles. The third-order valence-electron chi connectivity index (χ3n) is 5.01. The van der Waals surface area contributed by atoms with E-state index >= 15 is 0 Å². The molecule has 0 fully saturated rings. The number of hydrogen-bond acceptors (Lipinski definition) is 3. The Balaban J connectivity index is 1.63. The van der Waals surface area contributed by atoms with Gasteiger partial charge in [-0.25, -0.2) is 0 Å². The smallest absolute Gasteiger partial charge is 0.251 e. The van der Waals surface area contributed by atoms with Gasteiger partial charge < -0.3 is 5.32 Å². The monoisotopic (exact) mass is 376 g/mol. The van der Waals surface area contributed by atoms with Crippen LogP contribution in [-0.2, 0) is 6.54 Å². The number of amides is 1. The van der Waals surface area contributed by atoms with Crippen molar-refractivity contribution in [2.45, 2.75) is 26.4 Å². The highest BCUT2D eigenvalue weighted by molar-refractivity contribution is 5.94. The van der Waals surface area contributed by atoms with Gasteiger partial charge in [0, 0.05) is 24.5 Å². The number of nitrogens with zero attached hydrogens (tertiary/aromatic N) is 3. The van der Waals surface area contributed by atoms with E-state index in [4.69, 9.17) is 0 Å². The Kier molecular flexibility index (Phi) is 6.98. The first kappa shape index (κ1) is 19.8. The zero-order valence-corrected chi connectivity index (χ0v) is 16.6. The summed E-state index contributed by atoms with van der Waals surface area (Å²) >= 11 is 0. The van der Waals surface area contributed by atoms with Crippen LogP contribution in [0.1, 0.15) is 41.4 Å². The molecule has 28 heavy (non-hydrogen) atoms. The van der Waals surface area contributed by atoms with Crippen LogP contribution in [0.4, 0.5) is 0 Å². The molecule has 5 heteroatoms. The molecule has 1 N–H and O–H groups in total. The maximum absolute atomic E-state index is 12.7. The molecule has 146 valence electrons. The minimum Gasteiger partial charge on any atom is -0.350 e. The Labute approximate surface area is 167 Å². The lowest BCUT2D eigenvalue weighted by Crippen LogP contribution is -2.38. The van der Waals surface area contributed by atoms with Crippen LogP contribution in [0.25, 0.3) is 0 Å². The second-order valence-corrected chi connectivity index (χ2v) is 6.76. The van der Waals surface area contributed by atoms with E-state index in [2.05, 4.69) is 41.3 Å². The van der Waals surface area contributed by atoms with Crippen LogP contribution in [0.5, 0.6) is 0 Å². The summed E-state index contributed by atoms with van der Waals surface area (Å²) in [4.78, 5) is 15.0. The van der Waals surface area contributed by atoms with Crippen molar-refractivity contribution in [2.24, 2.45) is 0 Å². The molecule has 0 saturated carbocycles. The van der Waals surface area contributed by atoms with Crippen molar-refractivity contribution in [1.82, 2.24) is 20.0 Å². The Morgan fingerprint density at radius 1 is 1.04 bits per heavy atom. The van der Waals surface area contributed by atoms with Crippen LogP contribution < -0.4 is 5.32 Å². The van der Waals surface area contributed by atoms with Gasteiger partial charge in [0.25, 0.3) is 5.91 Å². The quantitative estimate of drug-likeness (QED) is 0.619. The molecule has 0 radical (unpaired) electrons. The summed E-state index contributed by atoms with van der Waals surface area (Å²) in [6.07, 6.45) is 3.69. The van der Waals surface area contributed by atoms with Crippen LogP contribution >= 0.6 is 0 Å². The average molecular weight is 377 g/mol. The predicted octanol–water partition coefficient (Wildman–Crippen LogP) is 3.74. The van der Waals surface area contributed by atoms with Gasteiger partial charge in [-0.05, 0) is 42.4 Å². The number of aromatic nitrogens is 2. The maximum Gasteiger partial charge on any atom is 0.251 e. The molecule has 1 atom stereocenters. The number of carbonyl (C=O) groups is 1. The van der Waals surface area contributed by atoms with Gasteiger partial charge in [-0.1, -0.05) is 56.3 Å². The zero-order valence-electron chi connectivity index (χ0n) is 16.6. The summed E-state index contributed by atoms with van der Waals surface area (Å²) in [7, 11) is 0. The zero-order chi connectivity index (χ0) is 19.8. The van der Waals surface area contributed by atoms with E-state index in [0.29, 0.717) is 18.7 Å². The Bertz CT molecular complexity index is 840. The number of likely N-dealkylation sites (N-methyl/N-ethyl adjacent to an activating group) is 1. The van der Waals surface area contributed by atoms with Gasteiger partial charge >= 0.3 is 0 Å². The first-order valence-corrected chi connectivity index (χ1v) is 9.84. The first-order chi connectivity index (χ1) is 13.7. The van der Waals surface area contributed by atoms with Crippen molar-refractivity contribution >= 4 is 5.91 Å². The minimum atomic E-state index is -0.0428. The van der Waals surface area contributed by atoms with Gasteiger partial charge in [-0.2, -0.15) is 5.10 Å². The molecule has 0 bridgehead atoms. The molecule has 3 rings (SSSR count).